The molecule has 0 aromatic heterocycles. The van der Waals surface area contributed by atoms with Gasteiger partial charge >= 0.3 is 0 Å². The summed E-state index contributed by atoms with van der Waals surface area (Å²) in [6.07, 6.45) is 1.24. The van der Waals surface area contributed by atoms with Crippen LogP contribution >= 0.6 is 11.6 Å². The number of aryl methyl sites for hydroxylation is 1. The van der Waals surface area contributed by atoms with Crippen molar-refractivity contribution in [3.8, 4) is 0 Å². The topological polar surface area (TPSA) is 86.8 Å². The summed E-state index contributed by atoms with van der Waals surface area (Å²) in [5.74, 6) is -1.13. The van der Waals surface area contributed by atoms with E-state index in [-0.39, 0.29) is 30.7 Å². The Labute approximate surface area is 178 Å². The molecule has 4 rings (SSSR count). The average molecular weight is 426 g/mol. The molecule has 7 nitrogen and oxygen atoms in total. The van der Waals surface area contributed by atoms with Gasteiger partial charge < -0.3 is 10.2 Å². The zero-order chi connectivity index (χ0) is 21.4. The average Bonchev–Trinajstić information content (AvgIpc) is 3.24. The predicted molar refractivity (Wildman–Crippen MR) is 113 cm³/mol. The molecule has 4 amide bonds. The Balaban J connectivity index is 1.42. The first-order chi connectivity index (χ1) is 14.3. The van der Waals surface area contributed by atoms with Gasteiger partial charge in [-0.05, 0) is 43.7 Å². The van der Waals surface area contributed by atoms with E-state index in [4.69, 9.17) is 11.6 Å². The molecule has 0 spiro atoms. The molecule has 1 fully saturated rings. The monoisotopic (exact) mass is 425 g/mol. The number of benzene rings is 2. The third-order valence-corrected chi connectivity index (χ3v) is 5.63. The standard InChI is InChI=1S/C22H20ClN3O4/c1-13-4-6-15-16(11-13)22(30)26(21(15)29)10-8-19(27)24-18-12-14(5-7-17(18)23)25-9-2-3-20(25)28/h4-7,11-12H,2-3,8-10H2,1H3,(H,24,27). The molecule has 154 valence electrons. The van der Waals surface area contributed by atoms with Crippen molar-refractivity contribution in [2.45, 2.75) is 26.2 Å². The van der Waals surface area contributed by atoms with Crippen molar-refractivity contribution in [3.63, 3.8) is 0 Å². The molecule has 2 aliphatic rings. The molecule has 8 heteroatoms. The van der Waals surface area contributed by atoms with Gasteiger partial charge in [0.15, 0.2) is 0 Å². The summed E-state index contributed by atoms with van der Waals surface area (Å²) in [6.45, 7) is 2.45. The normalized spacial score (nSPS) is 15.7. The molecule has 2 aromatic rings. The molecule has 0 radical (unpaired) electrons. The van der Waals surface area contributed by atoms with E-state index in [1.165, 1.54) is 0 Å². The SMILES string of the molecule is Cc1ccc2c(c1)C(=O)N(CCC(=O)Nc1cc(N3CCCC3=O)ccc1Cl)C2=O. The van der Waals surface area contributed by atoms with Gasteiger partial charge in [0.05, 0.1) is 21.8 Å². The van der Waals surface area contributed by atoms with Crippen LogP contribution in [-0.2, 0) is 9.59 Å². The number of rotatable bonds is 5. The Kier molecular flexibility index (Phi) is 5.30. The fourth-order valence-corrected chi connectivity index (χ4v) is 3.90. The van der Waals surface area contributed by atoms with Crippen LogP contribution in [0.25, 0.3) is 0 Å². The molecule has 2 heterocycles. The van der Waals surface area contributed by atoms with Crippen molar-refractivity contribution >= 4 is 46.6 Å². The fourth-order valence-electron chi connectivity index (χ4n) is 3.73. The molecule has 0 bridgehead atoms. The van der Waals surface area contributed by atoms with E-state index in [9.17, 15) is 19.2 Å². The molecule has 0 atom stereocenters. The van der Waals surface area contributed by atoms with Gasteiger partial charge in [-0.1, -0.05) is 23.2 Å². The van der Waals surface area contributed by atoms with Crippen molar-refractivity contribution < 1.29 is 19.2 Å². The minimum atomic E-state index is -0.393. The molecule has 30 heavy (non-hydrogen) atoms. The number of fused-ring (bicyclic) bond motifs is 1. The zero-order valence-corrected chi connectivity index (χ0v) is 17.2. The van der Waals surface area contributed by atoms with E-state index >= 15 is 0 Å². The van der Waals surface area contributed by atoms with Crippen LogP contribution < -0.4 is 10.2 Å². The molecule has 2 aliphatic heterocycles. The highest BCUT2D eigenvalue weighted by Crippen LogP contribution is 2.30. The van der Waals surface area contributed by atoms with Crippen molar-refractivity contribution in [1.82, 2.24) is 4.90 Å². The van der Waals surface area contributed by atoms with E-state index in [0.717, 1.165) is 16.9 Å². The van der Waals surface area contributed by atoms with Gasteiger partial charge in [-0.25, -0.2) is 0 Å². The predicted octanol–water partition coefficient (Wildman–Crippen LogP) is 3.40. The highest BCUT2D eigenvalue weighted by molar-refractivity contribution is 6.34. The van der Waals surface area contributed by atoms with Crippen molar-refractivity contribution in [2.75, 3.05) is 23.3 Å². The molecule has 1 saturated heterocycles. The molecule has 0 saturated carbocycles. The highest BCUT2D eigenvalue weighted by atomic mass is 35.5. The third-order valence-electron chi connectivity index (χ3n) is 5.30. The van der Waals surface area contributed by atoms with E-state index in [1.807, 2.05) is 6.92 Å². The van der Waals surface area contributed by atoms with E-state index in [1.54, 1.807) is 41.3 Å². The highest BCUT2D eigenvalue weighted by Gasteiger charge is 2.35. The Hall–Kier alpha value is -3.19. The molecule has 0 unspecified atom stereocenters. The Bertz CT molecular complexity index is 1080. The Morgan fingerprint density at radius 1 is 1.07 bits per heavy atom. The van der Waals surface area contributed by atoms with Crippen LogP contribution in [0.4, 0.5) is 11.4 Å². The van der Waals surface area contributed by atoms with Crippen LogP contribution in [0, 0.1) is 6.92 Å². The summed E-state index contributed by atoms with van der Waals surface area (Å²) in [4.78, 5) is 52.2. The van der Waals surface area contributed by atoms with Crippen molar-refractivity contribution in [3.05, 3.63) is 58.1 Å². The van der Waals surface area contributed by atoms with Gasteiger partial charge in [0.1, 0.15) is 0 Å². The summed E-state index contributed by atoms with van der Waals surface area (Å²) in [5, 5.41) is 3.06. The second-order valence-corrected chi connectivity index (χ2v) is 7.83. The lowest BCUT2D eigenvalue weighted by molar-refractivity contribution is -0.117. The van der Waals surface area contributed by atoms with E-state index in [0.29, 0.717) is 40.5 Å². The number of hydrogen-bond donors (Lipinski definition) is 1. The lowest BCUT2D eigenvalue weighted by Crippen LogP contribution is -2.33. The quantitative estimate of drug-likeness (QED) is 0.744. The first-order valence-electron chi connectivity index (χ1n) is 9.72. The summed E-state index contributed by atoms with van der Waals surface area (Å²) in [5.41, 5.74) is 2.67. The minimum absolute atomic E-state index is 0.0286. The van der Waals surface area contributed by atoms with E-state index < -0.39 is 5.91 Å². The maximum absolute atomic E-state index is 12.5. The van der Waals surface area contributed by atoms with Crippen molar-refractivity contribution in [1.29, 1.82) is 0 Å². The van der Waals surface area contributed by atoms with Gasteiger partial charge in [0.2, 0.25) is 11.8 Å². The summed E-state index contributed by atoms with van der Waals surface area (Å²) in [6, 6.07) is 10.1. The largest absolute Gasteiger partial charge is 0.325 e. The van der Waals surface area contributed by atoms with Gasteiger partial charge in [-0.2, -0.15) is 0 Å². The maximum atomic E-state index is 12.5. The number of halogens is 1. The van der Waals surface area contributed by atoms with Gasteiger partial charge in [0.25, 0.3) is 11.8 Å². The van der Waals surface area contributed by atoms with Crippen LogP contribution in [0.2, 0.25) is 5.02 Å². The second kappa shape index (κ2) is 7.91. The second-order valence-electron chi connectivity index (χ2n) is 7.42. The van der Waals surface area contributed by atoms with Crippen LogP contribution in [0.3, 0.4) is 0 Å². The maximum Gasteiger partial charge on any atom is 0.261 e. The molecule has 0 aliphatic carbocycles. The van der Waals surface area contributed by atoms with E-state index in [2.05, 4.69) is 5.32 Å². The van der Waals surface area contributed by atoms with Crippen LogP contribution in [0.5, 0.6) is 0 Å². The number of amides is 4. The molecule has 2 aromatic carbocycles. The summed E-state index contributed by atoms with van der Waals surface area (Å²) in [7, 11) is 0. The van der Waals surface area contributed by atoms with Crippen LogP contribution in [-0.4, -0.2) is 41.6 Å². The minimum Gasteiger partial charge on any atom is -0.325 e. The van der Waals surface area contributed by atoms with Gasteiger partial charge in [-0.15, -0.1) is 0 Å². The fraction of sp³-hybridized carbons (Fsp3) is 0.273. The van der Waals surface area contributed by atoms with Crippen LogP contribution in [0.15, 0.2) is 36.4 Å². The van der Waals surface area contributed by atoms with Gasteiger partial charge in [-0.3, -0.25) is 24.1 Å². The Morgan fingerprint density at radius 2 is 1.83 bits per heavy atom. The lowest BCUT2D eigenvalue weighted by Gasteiger charge is -2.18. The molecular formula is C22H20ClN3O4. The first-order valence-corrected chi connectivity index (χ1v) is 10.1. The number of hydrogen-bond acceptors (Lipinski definition) is 4. The summed E-state index contributed by atoms with van der Waals surface area (Å²) >= 11 is 6.20. The number of carbonyl (C=O) groups is 4. The van der Waals surface area contributed by atoms with Crippen LogP contribution in [0.1, 0.15) is 45.5 Å². The van der Waals surface area contributed by atoms with Crippen molar-refractivity contribution in [2.24, 2.45) is 0 Å². The Morgan fingerprint density at radius 3 is 2.57 bits per heavy atom. The number of imide groups is 1. The smallest absolute Gasteiger partial charge is 0.261 e. The van der Waals surface area contributed by atoms with Gasteiger partial charge in [0, 0.05) is 31.6 Å². The zero-order valence-electron chi connectivity index (χ0n) is 16.4. The third kappa shape index (κ3) is 3.68. The number of anilines is 2. The number of carbonyl (C=O) groups excluding carboxylic acids is 4. The number of nitrogens with one attached hydrogen (secondary N) is 1. The first kappa shape index (κ1) is 20.1. The molecule has 1 N–H and O–H groups in total. The molecular weight excluding hydrogens is 406 g/mol. The lowest BCUT2D eigenvalue weighted by atomic mass is 10.1. The number of nitrogens with zero attached hydrogens (tertiary/aromatic N) is 2. The summed E-state index contributed by atoms with van der Waals surface area (Å²) < 4.78 is 0.